The van der Waals surface area contributed by atoms with Crippen LogP contribution in [0, 0.1) is 6.92 Å². The molecule has 2 aliphatic heterocycles. The van der Waals surface area contributed by atoms with Gasteiger partial charge in [-0.15, -0.1) is 0 Å². The van der Waals surface area contributed by atoms with E-state index in [0.29, 0.717) is 23.9 Å². The minimum atomic E-state index is -3.84. The maximum atomic E-state index is 12.3. The van der Waals surface area contributed by atoms with Crippen molar-refractivity contribution in [3.63, 3.8) is 0 Å². The Morgan fingerprint density at radius 1 is 1.08 bits per heavy atom. The molecule has 0 amide bonds. The van der Waals surface area contributed by atoms with Gasteiger partial charge in [-0.3, -0.25) is 4.18 Å². The van der Waals surface area contributed by atoms with Crippen LogP contribution in [0.4, 0.5) is 0 Å². The lowest BCUT2D eigenvalue weighted by Gasteiger charge is -2.30. The monoisotopic (exact) mass is 376 g/mol. The summed E-state index contributed by atoms with van der Waals surface area (Å²) in [7, 11) is -3.84. The molecule has 138 valence electrons. The zero-order chi connectivity index (χ0) is 18.1. The molecule has 0 aromatic heterocycles. The van der Waals surface area contributed by atoms with Gasteiger partial charge in [-0.25, -0.2) is 0 Å². The molecule has 2 aromatic carbocycles. The van der Waals surface area contributed by atoms with Gasteiger partial charge in [0.05, 0.1) is 11.5 Å². The average molecular weight is 376 g/mol. The molecule has 26 heavy (non-hydrogen) atoms. The first-order chi connectivity index (χ1) is 12.5. The van der Waals surface area contributed by atoms with Gasteiger partial charge in [0.2, 0.25) is 5.75 Å². The van der Waals surface area contributed by atoms with Crippen LogP contribution in [0.2, 0.25) is 0 Å². The smallest absolute Gasteiger partial charge is 0.297 e. The number of hydrogen-bond donors (Lipinski definition) is 0. The van der Waals surface area contributed by atoms with E-state index in [2.05, 4.69) is 0 Å². The predicted molar refractivity (Wildman–Crippen MR) is 94.5 cm³/mol. The standard InChI is InChI=1S/C19H20O6S/c1-13-4-7-16(8-5-13)26(20,21)24-12-15-11-23-17-9-6-14-3-2-10-22-18(14)19(17)25-15/h4-9,15H,2-3,10-12H2,1H3. The molecule has 0 radical (unpaired) electrons. The fourth-order valence-electron chi connectivity index (χ4n) is 3.01. The number of ether oxygens (including phenoxy) is 3. The summed E-state index contributed by atoms with van der Waals surface area (Å²) in [4.78, 5) is 0.126. The van der Waals surface area contributed by atoms with Crippen molar-refractivity contribution in [2.75, 3.05) is 19.8 Å². The van der Waals surface area contributed by atoms with Gasteiger partial charge < -0.3 is 14.2 Å². The first-order valence-corrected chi connectivity index (χ1v) is 9.98. The molecule has 2 aliphatic rings. The van der Waals surface area contributed by atoms with E-state index >= 15 is 0 Å². The Morgan fingerprint density at radius 3 is 2.69 bits per heavy atom. The summed E-state index contributed by atoms with van der Waals surface area (Å²) < 4.78 is 47.2. The van der Waals surface area contributed by atoms with Crippen LogP contribution in [0.15, 0.2) is 41.3 Å². The SMILES string of the molecule is Cc1ccc(S(=O)(=O)OCC2COc3ccc4c(c3O2)OCCC4)cc1. The molecule has 0 N–H and O–H groups in total. The van der Waals surface area contributed by atoms with Gasteiger partial charge in [-0.05, 0) is 43.5 Å². The fraction of sp³-hybridized carbons (Fsp3) is 0.368. The van der Waals surface area contributed by atoms with Gasteiger partial charge in [-0.1, -0.05) is 23.8 Å². The number of aryl methyl sites for hydroxylation is 2. The van der Waals surface area contributed by atoms with E-state index in [1.165, 1.54) is 12.1 Å². The summed E-state index contributed by atoms with van der Waals surface area (Å²) >= 11 is 0. The van der Waals surface area contributed by atoms with Crippen molar-refractivity contribution in [2.24, 2.45) is 0 Å². The Hall–Kier alpha value is -2.25. The molecule has 0 bridgehead atoms. The Labute approximate surface area is 152 Å². The van der Waals surface area contributed by atoms with Crippen LogP contribution < -0.4 is 14.2 Å². The zero-order valence-corrected chi connectivity index (χ0v) is 15.3. The molecule has 4 rings (SSSR count). The van der Waals surface area contributed by atoms with Gasteiger partial charge >= 0.3 is 0 Å². The maximum absolute atomic E-state index is 12.3. The summed E-state index contributed by atoms with van der Waals surface area (Å²) in [6.45, 7) is 2.62. The Morgan fingerprint density at radius 2 is 1.88 bits per heavy atom. The van der Waals surface area contributed by atoms with Crippen molar-refractivity contribution in [1.82, 2.24) is 0 Å². The van der Waals surface area contributed by atoms with Crippen LogP contribution in [-0.2, 0) is 20.7 Å². The first-order valence-electron chi connectivity index (χ1n) is 8.57. The molecule has 2 heterocycles. The quantitative estimate of drug-likeness (QED) is 0.764. The highest BCUT2D eigenvalue weighted by molar-refractivity contribution is 7.86. The normalized spacial score (nSPS) is 18.7. The van der Waals surface area contributed by atoms with Crippen LogP contribution in [-0.4, -0.2) is 34.3 Å². The average Bonchev–Trinajstić information content (AvgIpc) is 2.66. The summed E-state index contributed by atoms with van der Waals surface area (Å²) in [6, 6.07) is 10.4. The van der Waals surface area contributed by atoms with Crippen molar-refractivity contribution in [3.05, 3.63) is 47.5 Å². The van der Waals surface area contributed by atoms with Crippen molar-refractivity contribution >= 4 is 10.1 Å². The molecule has 0 spiro atoms. The van der Waals surface area contributed by atoms with E-state index in [0.717, 1.165) is 24.0 Å². The van der Waals surface area contributed by atoms with Gasteiger partial charge in [0.15, 0.2) is 17.6 Å². The summed E-state index contributed by atoms with van der Waals surface area (Å²) in [5.74, 6) is 1.85. The fourth-order valence-corrected chi connectivity index (χ4v) is 3.94. The molecule has 7 heteroatoms. The third-order valence-corrected chi connectivity index (χ3v) is 5.72. The van der Waals surface area contributed by atoms with Gasteiger partial charge in [0.25, 0.3) is 10.1 Å². The highest BCUT2D eigenvalue weighted by Gasteiger charge is 2.29. The van der Waals surface area contributed by atoms with E-state index in [1.54, 1.807) is 12.1 Å². The second-order valence-electron chi connectivity index (χ2n) is 6.44. The number of fused-ring (bicyclic) bond motifs is 3. The highest BCUT2D eigenvalue weighted by Crippen LogP contribution is 2.44. The molecule has 2 aromatic rings. The molecular weight excluding hydrogens is 356 g/mol. The Kier molecular flexibility index (Phi) is 4.50. The minimum absolute atomic E-state index is 0.126. The lowest BCUT2D eigenvalue weighted by molar-refractivity contribution is 0.0510. The molecular formula is C19H20O6S. The first kappa shape index (κ1) is 17.2. The van der Waals surface area contributed by atoms with E-state index in [4.69, 9.17) is 18.4 Å². The zero-order valence-electron chi connectivity index (χ0n) is 14.4. The molecule has 0 aliphatic carbocycles. The Bertz CT molecular complexity index is 904. The third kappa shape index (κ3) is 3.37. The van der Waals surface area contributed by atoms with Crippen LogP contribution in [0.3, 0.4) is 0 Å². The van der Waals surface area contributed by atoms with Crippen LogP contribution >= 0.6 is 0 Å². The second kappa shape index (κ2) is 6.81. The molecule has 0 saturated heterocycles. The molecule has 0 fully saturated rings. The van der Waals surface area contributed by atoms with Crippen molar-refractivity contribution < 1.29 is 26.8 Å². The van der Waals surface area contributed by atoms with E-state index in [-0.39, 0.29) is 18.1 Å². The lowest BCUT2D eigenvalue weighted by atomic mass is 10.1. The van der Waals surface area contributed by atoms with Crippen molar-refractivity contribution in [3.8, 4) is 17.2 Å². The van der Waals surface area contributed by atoms with Crippen LogP contribution in [0.1, 0.15) is 17.5 Å². The summed E-state index contributed by atoms with van der Waals surface area (Å²) in [5.41, 5.74) is 2.06. The van der Waals surface area contributed by atoms with Crippen LogP contribution in [0.25, 0.3) is 0 Å². The topological polar surface area (TPSA) is 71.1 Å². The molecule has 0 saturated carbocycles. The van der Waals surface area contributed by atoms with Gasteiger partial charge in [0.1, 0.15) is 13.2 Å². The summed E-state index contributed by atoms with van der Waals surface area (Å²) in [6.07, 6.45) is 1.36. The van der Waals surface area contributed by atoms with E-state index in [1.807, 2.05) is 19.1 Å². The Balaban J connectivity index is 1.47. The molecule has 1 unspecified atom stereocenters. The predicted octanol–water partition coefficient (Wildman–Crippen LogP) is 2.87. The van der Waals surface area contributed by atoms with E-state index in [9.17, 15) is 8.42 Å². The maximum Gasteiger partial charge on any atom is 0.297 e. The number of hydrogen-bond acceptors (Lipinski definition) is 6. The minimum Gasteiger partial charge on any atom is -0.489 e. The second-order valence-corrected chi connectivity index (χ2v) is 8.05. The number of benzene rings is 2. The van der Waals surface area contributed by atoms with Crippen molar-refractivity contribution in [1.29, 1.82) is 0 Å². The summed E-state index contributed by atoms with van der Waals surface area (Å²) in [5, 5.41) is 0. The van der Waals surface area contributed by atoms with E-state index < -0.39 is 16.2 Å². The number of rotatable bonds is 4. The van der Waals surface area contributed by atoms with Crippen molar-refractivity contribution in [2.45, 2.75) is 30.8 Å². The lowest BCUT2D eigenvalue weighted by Crippen LogP contribution is -2.34. The molecule has 6 nitrogen and oxygen atoms in total. The highest BCUT2D eigenvalue weighted by atomic mass is 32.2. The van der Waals surface area contributed by atoms with Gasteiger partial charge in [-0.2, -0.15) is 8.42 Å². The largest absolute Gasteiger partial charge is 0.489 e. The third-order valence-electron chi connectivity index (χ3n) is 4.42. The van der Waals surface area contributed by atoms with Crippen LogP contribution in [0.5, 0.6) is 17.2 Å². The van der Waals surface area contributed by atoms with Gasteiger partial charge in [0, 0.05) is 0 Å². The molecule has 1 atom stereocenters.